The second-order valence-electron chi connectivity index (χ2n) is 4.02. The van der Waals surface area contributed by atoms with Crippen molar-refractivity contribution < 1.29 is 4.79 Å². The number of aromatic nitrogens is 2. The lowest BCUT2D eigenvalue weighted by Gasteiger charge is -1.99. The van der Waals surface area contributed by atoms with E-state index in [4.69, 9.17) is 5.73 Å². The minimum absolute atomic E-state index is 0.0175. The van der Waals surface area contributed by atoms with Crippen molar-refractivity contribution in [1.29, 1.82) is 0 Å². The Bertz CT molecular complexity index is 551. The number of hydrogen-bond acceptors (Lipinski definition) is 3. The predicted molar refractivity (Wildman–Crippen MR) is 73.5 cm³/mol. The third kappa shape index (κ3) is 3.27. The number of imidazole rings is 1. The van der Waals surface area contributed by atoms with Gasteiger partial charge in [0.2, 0.25) is 0 Å². The van der Waals surface area contributed by atoms with Crippen molar-refractivity contribution in [1.82, 2.24) is 9.55 Å². The Labute approximate surface area is 114 Å². The minimum atomic E-state index is 0.0175. The van der Waals surface area contributed by atoms with Crippen molar-refractivity contribution in [3.05, 3.63) is 52.5 Å². The summed E-state index contributed by atoms with van der Waals surface area (Å²) in [5.74, 6) is 0.0175. The molecule has 0 saturated heterocycles. The highest BCUT2D eigenvalue weighted by Gasteiger charge is 2.10. The van der Waals surface area contributed by atoms with E-state index in [1.165, 1.54) is 0 Å². The van der Waals surface area contributed by atoms with E-state index in [1.807, 2.05) is 28.8 Å². The van der Waals surface area contributed by atoms with Gasteiger partial charge in [0, 0.05) is 30.2 Å². The minimum Gasteiger partial charge on any atom is -0.335 e. The van der Waals surface area contributed by atoms with E-state index >= 15 is 0 Å². The molecule has 0 spiro atoms. The Morgan fingerprint density at radius 3 is 3.00 bits per heavy atom. The van der Waals surface area contributed by atoms with E-state index in [0.717, 1.165) is 10.0 Å². The molecule has 0 fully saturated rings. The number of halogens is 1. The number of hydrogen-bond donors (Lipinski definition) is 1. The molecule has 0 aliphatic carbocycles. The van der Waals surface area contributed by atoms with Gasteiger partial charge in [0.1, 0.15) is 5.69 Å². The van der Waals surface area contributed by atoms with Crippen LogP contribution in [0, 0.1) is 0 Å². The molecule has 2 aromatic rings. The molecule has 0 radical (unpaired) electrons. The Kier molecular flexibility index (Phi) is 4.28. The fourth-order valence-electron chi connectivity index (χ4n) is 1.70. The summed E-state index contributed by atoms with van der Waals surface area (Å²) in [5, 5.41) is 0. The molecular weight excluding hydrogens is 294 g/mol. The molecule has 0 unspecified atom stereocenters. The molecular formula is C13H14BrN3O. The second kappa shape index (κ2) is 5.93. The number of carbonyl (C=O) groups excluding carboxylic acids is 1. The molecule has 1 aromatic heterocycles. The number of carbonyl (C=O) groups is 1. The lowest BCUT2D eigenvalue weighted by atomic mass is 10.1. The molecule has 1 heterocycles. The van der Waals surface area contributed by atoms with E-state index in [2.05, 4.69) is 20.9 Å². The van der Waals surface area contributed by atoms with Gasteiger partial charge in [0.25, 0.3) is 0 Å². The van der Waals surface area contributed by atoms with Crippen LogP contribution in [0.3, 0.4) is 0 Å². The standard InChI is InChI=1S/C13H14BrN3O/c14-11-3-1-2-10(6-11)7-13(18)12-8-17(5-4-15)9-16-12/h1-3,6,8-9H,4-5,7,15H2. The van der Waals surface area contributed by atoms with Gasteiger partial charge in [0.15, 0.2) is 5.78 Å². The maximum Gasteiger partial charge on any atom is 0.187 e. The molecule has 0 amide bonds. The van der Waals surface area contributed by atoms with Gasteiger partial charge in [-0.05, 0) is 17.7 Å². The maximum atomic E-state index is 12.0. The normalized spacial score (nSPS) is 10.6. The summed E-state index contributed by atoms with van der Waals surface area (Å²) in [7, 11) is 0. The Balaban J connectivity index is 2.07. The van der Waals surface area contributed by atoms with Crippen molar-refractivity contribution in [3.8, 4) is 0 Å². The molecule has 0 bridgehead atoms. The van der Waals surface area contributed by atoms with Crippen LogP contribution in [0.4, 0.5) is 0 Å². The SMILES string of the molecule is NCCn1cnc(C(=O)Cc2cccc(Br)c2)c1. The number of benzene rings is 1. The van der Waals surface area contributed by atoms with E-state index in [1.54, 1.807) is 12.5 Å². The van der Waals surface area contributed by atoms with Crippen molar-refractivity contribution in [2.75, 3.05) is 6.54 Å². The molecule has 94 valence electrons. The van der Waals surface area contributed by atoms with Gasteiger partial charge in [-0.3, -0.25) is 4.79 Å². The summed E-state index contributed by atoms with van der Waals surface area (Å²) < 4.78 is 2.80. The van der Waals surface area contributed by atoms with Gasteiger partial charge in [-0.2, -0.15) is 0 Å². The molecule has 0 atom stereocenters. The first-order valence-electron chi connectivity index (χ1n) is 5.68. The smallest absolute Gasteiger partial charge is 0.187 e. The van der Waals surface area contributed by atoms with Gasteiger partial charge in [-0.1, -0.05) is 28.1 Å². The first kappa shape index (κ1) is 13.0. The Morgan fingerprint density at radius 1 is 1.44 bits per heavy atom. The van der Waals surface area contributed by atoms with E-state index in [-0.39, 0.29) is 5.78 Å². The van der Waals surface area contributed by atoms with Crippen LogP contribution in [0.25, 0.3) is 0 Å². The van der Waals surface area contributed by atoms with Crippen molar-refractivity contribution in [3.63, 3.8) is 0 Å². The van der Waals surface area contributed by atoms with Crippen LogP contribution in [0.1, 0.15) is 16.1 Å². The highest BCUT2D eigenvalue weighted by Crippen LogP contribution is 2.13. The van der Waals surface area contributed by atoms with Gasteiger partial charge in [-0.25, -0.2) is 4.98 Å². The monoisotopic (exact) mass is 307 g/mol. The van der Waals surface area contributed by atoms with Crippen LogP contribution < -0.4 is 5.73 Å². The zero-order chi connectivity index (χ0) is 13.0. The zero-order valence-corrected chi connectivity index (χ0v) is 11.4. The van der Waals surface area contributed by atoms with Crippen LogP contribution >= 0.6 is 15.9 Å². The lowest BCUT2D eigenvalue weighted by molar-refractivity contribution is 0.0988. The van der Waals surface area contributed by atoms with Crippen molar-refractivity contribution in [2.45, 2.75) is 13.0 Å². The summed E-state index contributed by atoms with van der Waals surface area (Å²) in [4.78, 5) is 16.1. The fourth-order valence-corrected chi connectivity index (χ4v) is 2.14. The van der Waals surface area contributed by atoms with Crippen molar-refractivity contribution >= 4 is 21.7 Å². The van der Waals surface area contributed by atoms with Crippen LogP contribution in [0.2, 0.25) is 0 Å². The average Bonchev–Trinajstić information content (AvgIpc) is 2.78. The molecule has 2 rings (SSSR count). The number of nitrogens with two attached hydrogens (primary N) is 1. The molecule has 4 nitrogen and oxygen atoms in total. The van der Waals surface area contributed by atoms with Crippen LogP contribution in [0.15, 0.2) is 41.3 Å². The summed E-state index contributed by atoms with van der Waals surface area (Å²) in [6.45, 7) is 1.22. The van der Waals surface area contributed by atoms with Crippen LogP contribution in [-0.4, -0.2) is 21.9 Å². The average molecular weight is 308 g/mol. The highest BCUT2D eigenvalue weighted by atomic mass is 79.9. The van der Waals surface area contributed by atoms with Crippen LogP contribution in [-0.2, 0) is 13.0 Å². The number of nitrogens with zero attached hydrogens (tertiary/aromatic N) is 2. The molecule has 5 heteroatoms. The summed E-state index contributed by atoms with van der Waals surface area (Å²) in [6, 6.07) is 7.72. The molecule has 1 aromatic carbocycles. The largest absolute Gasteiger partial charge is 0.335 e. The van der Waals surface area contributed by atoms with Gasteiger partial charge >= 0.3 is 0 Å². The molecule has 0 aliphatic heterocycles. The predicted octanol–water partition coefficient (Wildman–Crippen LogP) is 2.03. The third-order valence-electron chi connectivity index (χ3n) is 2.56. The van der Waals surface area contributed by atoms with E-state index in [9.17, 15) is 4.79 Å². The third-order valence-corrected chi connectivity index (χ3v) is 3.05. The molecule has 0 aliphatic rings. The first-order valence-corrected chi connectivity index (χ1v) is 6.48. The van der Waals surface area contributed by atoms with E-state index in [0.29, 0.717) is 25.2 Å². The Hall–Kier alpha value is -1.46. The first-order chi connectivity index (χ1) is 8.69. The van der Waals surface area contributed by atoms with Crippen molar-refractivity contribution in [2.24, 2.45) is 5.73 Å². The van der Waals surface area contributed by atoms with E-state index < -0.39 is 0 Å². The second-order valence-corrected chi connectivity index (χ2v) is 4.93. The molecule has 2 N–H and O–H groups in total. The molecule has 18 heavy (non-hydrogen) atoms. The highest BCUT2D eigenvalue weighted by molar-refractivity contribution is 9.10. The number of Topliss-reactive ketones (excluding diaryl/α,β-unsaturated/α-hetero) is 1. The lowest BCUT2D eigenvalue weighted by Crippen LogP contribution is -2.08. The molecule has 0 saturated carbocycles. The summed E-state index contributed by atoms with van der Waals surface area (Å²) in [5.41, 5.74) is 6.91. The van der Waals surface area contributed by atoms with Gasteiger partial charge in [-0.15, -0.1) is 0 Å². The van der Waals surface area contributed by atoms with Gasteiger partial charge in [0.05, 0.1) is 6.33 Å². The van der Waals surface area contributed by atoms with Gasteiger partial charge < -0.3 is 10.3 Å². The van der Waals surface area contributed by atoms with Crippen LogP contribution in [0.5, 0.6) is 0 Å². The number of ketones is 1. The Morgan fingerprint density at radius 2 is 2.28 bits per heavy atom. The summed E-state index contributed by atoms with van der Waals surface area (Å²) in [6.07, 6.45) is 3.74. The fraction of sp³-hybridized carbons (Fsp3) is 0.231. The zero-order valence-electron chi connectivity index (χ0n) is 9.84. The number of rotatable bonds is 5. The summed E-state index contributed by atoms with van der Waals surface area (Å²) >= 11 is 3.39. The topological polar surface area (TPSA) is 60.9 Å². The maximum absolute atomic E-state index is 12.0. The quantitative estimate of drug-likeness (QED) is 0.860.